The molecule has 1 saturated heterocycles. The Balaban J connectivity index is 1.79. The Morgan fingerprint density at radius 3 is 2.45 bits per heavy atom. The van der Waals surface area contributed by atoms with Crippen molar-refractivity contribution in [1.29, 1.82) is 0 Å². The summed E-state index contributed by atoms with van der Waals surface area (Å²) in [5, 5.41) is 18.0. The fourth-order valence-corrected chi connectivity index (χ4v) is 4.15. The van der Waals surface area contributed by atoms with Crippen LogP contribution in [0, 0.1) is 0 Å². The average Bonchev–Trinajstić information content (AvgIpc) is 2.52. The molecule has 8 heteroatoms. The maximum absolute atomic E-state index is 11.1. The van der Waals surface area contributed by atoms with Crippen LogP contribution in [0.4, 0.5) is 0 Å². The lowest BCUT2D eigenvalue weighted by Gasteiger charge is -2.36. The van der Waals surface area contributed by atoms with E-state index in [-0.39, 0.29) is 17.0 Å². The largest absolute Gasteiger partial charge is 0.492 e. The minimum atomic E-state index is -3.67. The zero-order valence-electron chi connectivity index (χ0n) is 12.3. The van der Waals surface area contributed by atoms with Crippen LogP contribution in [0.15, 0.2) is 29.2 Å². The topological polar surface area (TPSA) is 102 Å². The summed E-state index contributed by atoms with van der Waals surface area (Å²) in [6.07, 6.45) is 1.91. The van der Waals surface area contributed by atoms with Crippen LogP contribution >= 0.6 is 11.8 Å². The Labute approximate surface area is 135 Å². The van der Waals surface area contributed by atoms with Crippen LogP contribution in [0.1, 0.15) is 12.8 Å². The van der Waals surface area contributed by atoms with Gasteiger partial charge in [-0.2, -0.15) is 11.8 Å². The molecule has 6 nitrogen and oxygen atoms in total. The van der Waals surface area contributed by atoms with Gasteiger partial charge in [0.2, 0.25) is 10.0 Å². The monoisotopic (exact) mass is 346 g/mol. The van der Waals surface area contributed by atoms with Crippen LogP contribution in [0.3, 0.4) is 0 Å². The minimum absolute atomic E-state index is 0.0666. The number of ether oxygens (including phenoxy) is 1. The number of nitrogens with two attached hydrogens (primary N) is 1. The first-order chi connectivity index (χ1) is 10.5. The van der Waals surface area contributed by atoms with Crippen LogP contribution in [-0.2, 0) is 10.0 Å². The Bertz CT molecular complexity index is 569. The second kappa shape index (κ2) is 7.65. The number of sulfonamides is 1. The van der Waals surface area contributed by atoms with Crippen LogP contribution in [0.2, 0.25) is 0 Å². The first-order valence-corrected chi connectivity index (χ1v) is 9.85. The lowest BCUT2D eigenvalue weighted by Crippen LogP contribution is -2.52. The predicted octanol–water partition coefficient (Wildman–Crippen LogP) is 0.561. The summed E-state index contributed by atoms with van der Waals surface area (Å²) in [7, 11) is -3.67. The third-order valence-electron chi connectivity index (χ3n) is 3.78. The molecular weight excluding hydrogens is 324 g/mol. The molecule has 22 heavy (non-hydrogen) atoms. The van der Waals surface area contributed by atoms with Gasteiger partial charge < -0.3 is 15.2 Å². The van der Waals surface area contributed by atoms with Crippen LogP contribution in [-0.4, -0.2) is 50.3 Å². The van der Waals surface area contributed by atoms with Gasteiger partial charge >= 0.3 is 0 Å². The van der Waals surface area contributed by atoms with Crippen molar-refractivity contribution in [1.82, 2.24) is 5.32 Å². The second-order valence-electron chi connectivity index (χ2n) is 5.34. The fourth-order valence-electron chi connectivity index (χ4n) is 2.36. The number of benzene rings is 1. The highest BCUT2D eigenvalue weighted by Crippen LogP contribution is 2.26. The van der Waals surface area contributed by atoms with E-state index < -0.39 is 10.0 Å². The molecule has 0 amide bonds. The van der Waals surface area contributed by atoms with E-state index in [9.17, 15) is 13.5 Å². The molecule has 1 aromatic rings. The van der Waals surface area contributed by atoms with Gasteiger partial charge in [0.15, 0.2) is 0 Å². The first kappa shape index (κ1) is 17.6. The van der Waals surface area contributed by atoms with E-state index in [1.807, 2.05) is 11.8 Å². The van der Waals surface area contributed by atoms with Gasteiger partial charge in [-0.15, -0.1) is 0 Å². The van der Waals surface area contributed by atoms with Crippen molar-refractivity contribution in [3.63, 3.8) is 0 Å². The molecule has 0 aliphatic carbocycles. The number of rotatable bonds is 7. The lowest BCUT2D eigenvalue weighted by molar-refractivity contribution is 0.144. The Morgan fingerprint density at radius 2 is 1.91 bits per heavy atom. The Kier molecular flexibility index (Phi) is 6.10. The number of hydrogen-bond donors (Lipinski definition) is 3. The quantitative estimate of drug-likeness (QED) is 0.624. The normalized spacial score (nSPS) is 18.1. The molecule has 1 heterocycles. The number of primary sulfonamides is 1. The third kappa shape index (κ3) is 4.85. The summed E-state index contributed by atoms with van der Waals surface area (Å²) in [5.41, 5.74) is -0.188. The van der Waals surface area contributed by atoms with E-state index >= 15 is 0 Å². The van der Waals surface area contributed by atoms with Gasteiger partial charge in [-0.3, -0.25) is 0 Å². The van der Waals surface area contributed by atoms with Crippen molar-refractivity contribution in [2.75, 3.05) is 31.3 Å². The molecule has 0 unspecified atom stereocenters. The number of thioether (sulfide) groups is 1. The molecule has 1 fully saturated rings. The summed E-state index contributed by atoms with van der Waals surface area (Å²) in [4.78, 5) is 0.0666. The van der Waals surface area contributed by atoms with Crippen LogP contribution < -0.4 is 15.2 Å². The van der Waals surface area contributed by atoms with Crippen LogP contribution in [0.5, 0.6) is 5.75 Å². The second-order valence-corrected chi connectivity index (χ2v) is 8.13. The summed E-state index contributed by atoms with van der Waals surface area (Å²) in [6.45, 7) is 1.21. The van der Waals surface area contributed by atoms with Crippen LogP contribution in [0.25, 0.3) is 0 Å². The van der Waals surface area contributed by atoms with E-state index in [2.05, 4.69) is 5.32 Å². The maximum atomic E-state index is 11.1. The molecule has 1 aliphatic rings. The molecule has 0 bridgehead atoms. The van der Waals surface area contributed by atoms with E-state index in [0.717, 1.165) is 24.3 Å². The van der Waals surface area contributed by atoms with Crippen molar-refractivity contribution in [3.8, 4) is 5.75 Å². The average molecular weight is 346 g/mol. The lowest BCUT2D eigenvalue weighted by atomic mass is 9.93. The highest BCUT2D eigenvalue weighted by molar-refractivity contribution is 7.99. The fraction of sp³-hybridized carbons (Fsp3) is 0.571. The summed E-state index contributed by atoms with van der Waals surface area (Å²) in [5.74, 6) is 2.71. The van der Waals surface area contributed by atoms with Crippen molar-refractivity contribution in [2.45, 2.75) is 23.3 Å². The van der Waals surface area contributed by atoms with Gasteiger partial charge in [0, 0.05) is 12.1 Å². The number of aliphatic hydroxyl groups is 1. The third-order valence-corrected chi connectivity index (χ3v) is 5.69. The highest BCUT2D eigenvalue weighted by Gasteiger charge is 2.30. The standard InChI is InChI=1S/C14H22N2O4S2/c15-22(18,19)13-3-1-12(2-4-13)20-8-7-16-14(11-17)5-9-21-10-6-14/h1-4,16-17H,5-11H2,(H2,15,18,19). The summed E-state index contributed by atoms with van der Waals surface area (Å²) < 4.78 is 27.9. The van der Waals surface area contributed by atoms with Gasteiger partial charge in [-0.25, -0.2) is 13.6 Å². The van der Waals surface area contributed by atoms with Gasteiger partial charge in [0.05, 0.1) is 11.5 Å². The molecular formula is C14H22N2O4S2. The number of aliphatic hydroxyl groups excluding tert-OH is 1. The van der Waals surface area contributed by atoms with Crippen molar-refractivity contribution >= 4 is 21.8 Å². The van der Waals surface area contributed by atoms with E-state index in [1.165, 1.54) is 12.1 Å². The van der Waals surface area contributed by atoms with Gasteiger partial charge in [0.1, 0.15) is 12.4 Å². The summed E-state index contributed by atoms with van der Waals surface area (Å²) >= 11 is 1.91. The number of nitrogens with one attached hydrogen (secondary N) is 1. The van der Waals surface area contributed by atoms with E-state index in [4.69, 9.17) is 9.88 Å². The molecule has 1 aliphatic heterocycles. The summed E-state index contributed by atoms with van der Waals surface area (Å²) in [6, 6.07) is 6.01. The molecule has 0 aromatic heterocycles. The minimum Gasteiger partial charge on any atom is -0.492 e. The van der Waals surface area contributed by atoms with Crippen molar-refractivity contribution in [3.05, 3.63) is 24.3 Å². The van der Waals surface area contributed by atoms with Crippen molar-refractivity contribution < 1.29 is 18.3 Å². The molecule has 0 saturated carbocycles. The smallest absolute Gasteiger partial charge is 0.238 e. The Morgan fingerprint density at radius 1 is 1.27 bits per heavy atom. The first-order valence-electron chi connectivity index (χ1n) is 7.15. The molecule has 2 rings (SSSR count). The van der Waals surface area contributed by atoms with Gasteiger partial charge in [-0.05, 0) is 48.6 Å². The van der Waals surface area contributed by atoms with E-state index in [1.54, 1.807) is 12.1 Å². The molecule has 1 aromatic carbocycles. The van der Waals surface area contributed by atoms with E-state index in [0.29, 0.717) is 18.9 Å². The Hall–Kier alpha value is -0.800. The SMILES string of the molecule is NS(=O)(=O)c1ccc(OCCNC2(CO)CCSCC2)cc1. The molecule has 0 spiro atoms. The van der Waals surface area contributed by atoms with Gasteiger partial charge in [0.25, 0.3) is 0 Å². The predicted molar refractivity (Wildman–Crippen MR) is 87.7 cm³/mol. The number of hydrogen-bond acceptors (Lipinski definition) is 6. The van der Waals surface area contributed by atoms with Crippen molar-refractivity contribution in [2.24, 2.45) is 5.14 Å². The zero-order chi connectivity index (χ0) is 16.1. The zero-order valence-corrected chi connectivity index (χ0v) is 14.0. The molecule has 0 atom stereocenters. The molecule has 124 valence electrons. The highest BCUT2D eigenvalue weighted by atomic mass is 32.2. The van der Waals surface area contributed by atoms with Gasteiger partial charge in [-0.1, -0.05) is 0 Å². The maximum Gasteiger partial charge on any atom is 0.238 e. The molecule has 0 radical (unpaired) electrons. The molecule has 4 N–H and O–H groups in total.